The van der Waals surface area contributed by atoms with E-state index in [1.165, 1.54) is 0 Å². The first kappa shape index (κ1) is 21.5. The zero-order valence-corrected chi connectivity index (χ0v) is 17.8. The van der Waals surface area contributed by atoms with Gasteiger partial charge in [0.1, 0.15) is 0 Å². The first-order valence-electron chi connectivity index (χ1n) is 10.6. The lowest BCUT2D eigenvalue weighted by Gasteiger charge is -2.36. The number of carbonyl (C=O) groups is 2. The third-order valence-electron chi connectivity index (χ3n) is 5.17. The van der Waals surface area contributed by atoms with E-state index in [0.29, 0.717) is 13.1 Å². The minimum absolute atomic E-state index is 0.0298. The maximum absolute atomic E-state index is 12.2. The van der Waals surface area contributed by atoms with Gasteiger partial charge in [0.15, 0.2) is 0 Å². The Labute approximate surface area is 178 Å². The molecule has 2 aromatic rings. The molecule has 0 saturated carbocycles. The Kier molecular flexibility index (Phi) is 7.54. The Balaban J connectivity index is 1.46. The summed E-state index contributed by atoms with van der Waals surface area (Å²) >= 11 is 0. The van der Waals surface area contributed by atoms with Gasteiger partial charge < -0.3 is 25.8 Å². The van der Waals surface area contributed by atoms with E-state index in [4.69, 9.17) is 0 Å². The highest BCUT2D eigenvalue weighted by Gasteiger charge is 2.20. The van der Waals surface area contributed by atoms with Crippen LogP contribution < -0.4 is 20.9 Å². The van der Waals surface area contributed by atoms with Crippen LogP contribution in [0.15, 0.2) is 48.5 Å². The van der Waals surface area contributed by atoms with Crippen LogP contribution in [-0.2, 0) is 0 Å². The second kappa shape index (κ2) is 10.5. The summed E-state index contributed by atoms with van der Waals surface area (Å²) in [6.07, 6.45) is 2.08. The van der Waals surface area contributed by atoms with Gasteiger partial charge in [-0.15, -0.1) is 0 Å². The molecule has 0 spiro atoms. The molecule has 7 nitrogen and oxygen atoms in total. The van der Waals surface area contributed by atoms with Crippen molar-refractivity contribution in [3.05, 3.63) is 54.1 Å². The summed E-state index contributed by atoms with van der Waals surface area (Å²) in [5.74, 6) is 0. The highest BCUT2D eigenvalue weighted by Crippen LogP contribution is 2.20. The van der Waals surface area contributed by atoms with E-state index in [-0.39, 0.29) is 12.1 Å². The number of aryl methyl sites for hydroxylation is 1. The van der Waals surface area contributed by atoms with Crippen LogP contribution in [0.2, 0.25) is 0 Å². The summed E-state index contributed by atoms with van der Waals surface area (Å²) in [6.45, 7) is 7.86. The van der Waals surface area contributed by atoms with Gasteiger partial charge in [0.2, 0.25) is 0 Å². The van der Waals surface area contributed by atoms with Crippen LogP contribution >= 0.6 is 0 Å². The topological polar surface area (TPSA) is 76.7 Å². The molecule has 1 fully saturated rings. The number of nitrogens with one attached hydrogen (secondary N) is 3. The Morgan fingerprint density at radius 3 is 2.00 bits per heavy atom. The Morgan fingerprint density at radius 2 is 1.43 bits per heavy atom. The van der Waals surface area contributed by atoms with Gasteiger partial charge in [-0.25, -0.2) is 9.59 Å². The number of nitrogens with zero attached hydrogens (tertiary/aromatic N) is 2. The minimum Gasteiger partial charge on any atom is -0.368 e. The summed E-state index contributed by atoms with van der Waals surface area (Å²) in [6, 6.07) is 15.2. The fraction of sp³-hybridized carbons (Fsp3) is 0.391. The maximum Gasteiger partial charge on any atom is 0.323 e. The van der Waals surface area contributed by atoms with Gasteiger partial charge in [-0.3, -0.25) is 0 Å². The smallest absolute Gasteiger partial charge is 0.323 e. The van der Waals surface area contributed by atoms with Crippen molar-refractivity contribution in [2.24, 2.45) is 0 Å². The summed E-state index contributed by atoms with van der Waals surface area (Å²) in [7, 11) is 0. The zero-order valence-electron chi connectivity index (χ0n) is 17.8. The van der Waals surface area contributed by atoms with Crippen LogP contribution in [0.5, 0.6) is 0 Å². The lowest BCUT2D eigenvalue weighted by Crippen LogP contribution is -2.52. The largest absolute Gasteiger partial charge is 0.368 e. The van der Waals surface area contributed by atoms with E-state index >= 15 is 0 Å². The molecule has 0 radical (unpaired) electrons. The minimum atomic E-state index is -0.269. The summed E-state index contributed by atoms with van der Waals surface area (Å²) in [5, 5.41) is 8.65. The molecule has 0 atom stereocenters. The average Bonchev–Trinajstić information content (AvgIpc) is 2.76. The molecule has 0 unspecified atom stereocenters. The van der Waals surface area contributed by atoms with E-state index < -0.39 is 0 Å². The van der Waals surface area contributed by atoms with Crippen LogP contribution in [0, 0.1) is 6.92 Å². The molecule has 0 aromatic heterocycles. The Hall–Kier alpha value is -3.22. The number of piperazine rings is 1. The average molecular weight is 410 g/mol. The lowest BCUT2D eigenvalue weighted by molar-refractivity contribution is 0.194. The van der Waals surface area contributed by atoms with Crippen LogP contribution in [0.4, 0.5) is 26.7 Å². The number of amides is 4. The first-order chi connectivity index (χ1) is 14.5. The van der Waals surface area contributed by atoms with E-state index in [9.17, 15) is 9.59 Å². The predicted octanol–water partition coefficient (Wildman–Crippen LogP) is 4.27. The van der Waals surface area contributed by atoms with Crippen molar-refractivity contribution in [2.45, 2.75) is 26.7 Å². The van der Waals surface area contributed by atoms with Gasteiger partial charge in [-0.2, -0.15) is 0 Å². The second-order valence-corrected chi connectivity index (χ2v) is 7.55. The lowest BCUT2D eigenvalue weighted by atomic mass is 10.2. The van der Waals surface area contributed by atoms with Gasteiger partial charge in [-0.1, -0.05) is 31.0 Å². The summed E-state index contributed by atoms with van der Waals surface area (Å²) < 4.78 is 0. The standard InChI is InChI=1S/C23H31N5O2/c1-3-4-13-24-23(30)28-16-14-27(15-17-28)21-11-9-20(10-12-21)26-22(29)25-19-7-5-18(2)6-8-19/h5-12H,3-4,13-17H2,1-2H3,(H,24,30)(H2,25,26,29). The van der Waals surface area contributed by atoms with Gasteiger partial charge in [0.25, 0.3) is 0 Å². The normalized spacial score (nSPS) is 13.7. The maximum atomic E-state index is 12.2. The molecule has 1 aliphatic rings. The summed E-state index contributed by atoms with van der Waals surface area (Å²) in [4.78, 5) is 28.5. The molecule has 4 amide bonds. The number of hydrogen-bond donors (Lipinski definition) is 3. The molecule has 2 aromatic carbocycles. The molecular weight excluding hydrogens is 378 g/mol. The Morgan fingerprint density at radius 1 is 0.867 bits per heavy atom. The zero-order chi connectivity index (χ0) is 21.3. The first-order valence-corrected chi connectivity index (χ1v) is 10.6. The summed E-state index contributed by atoms with van der Waals surface area (Å²) in [5.41, 5.74) is 3.73. The van der Waals surface area contributed by atoms with Crippen molar-refractivity contribution in [3.63, 3.8) is 0 Å². The van der Waals surface area contributed by atoms with Gasteiger partial charge in [-0.05, 0) is 49.7 Å². The molecule has 7 heteroatoms. The highest BCUT2D eigenvalue weighted by molar-refractivity contribution is 5.99. The number of carbonyl (C=O) groups excluding carboxylic acids is 2. The van der Waals surface area contributed by atoms with Crippen LogP contribution in [0.25, 0.3) is 0 Å². The predicted molar refractivity (Wildman–Crippen MR) is 122 cm³/mol. The van der Waals surface area contributed by atoms with Crippen molar-refractivity contribution in [1.29, 1.82) is 0 Å². The van der Waals surface area contributed by atoms with Crippen molar-refractivity contribution in [3.8, 4) is 0 Å². The molecular formula is C23H31N5O2. The monoisotopic (exact) mass is 409 g/mol. The van der Waals surface area contributed by atoms with Gasteiger partial charge >= 0.3 is 12.1 Å². The van der Waals surface area contributed by atoms with Crippen molar-refractivity contribution in [2.75, 3.05) is 48.3 Å². The number of unbranched alkanes of at least 4 members (excludes halogenated alkanes) is 1. The van der Waals surface area contributed by atoms with E-state index in [2.05, 4.69) is 27.8 Å². The van der Waals surface area contributed by atoms with E-state index in [1.54, 1.807) is 0 Å². The Bertz CT molecular complexity index is 828. The van der Waals surface area contributed by atoms with Crippen LogP contribution in [-0.4, -0.2) is 49.7 Å². The highest BCUT2D eigenvalue weighted by atomic mass is 16.2. The molecule has 3 rings (SSSR count). The third-order valence-corrected chi connectivity index (χ3v) is 5.17. The van der Waals surface area contributed by atoms with Crippen molar-refractivity contribution >= 4 is 29.1 Å². The van der Waals surface area contributed by atoms with Crippen LogP contribution in [0.3, 0.4) is 0 Å². The number of urea groups is 2. The fourth-order valence-corrected chi connectivity index (χ4v) is 3.34. The van der Waals surface area contributed by atoms with Crippen molar-refractivity contribution in [1.82, 2.24) is 10.2 Å². The van der Waals surface area contributed by atoms with E-state index in [1.807, 2.05) is 60.4 Å². The van der Waals surface area contributed by atoms with Crippen LogP contribution in [0.1, 0.15) is 25.3 Å². The molecule has 0 bridgehead atoms. The number of rotatable bonds is 6. The number of anilines is 3. The number of hydrogen-bond acceptors (Lipinski definition) is 3. The third kappa shape index (κ3) is 6.14. The van der Waals surface area contributed by atoms with Gasteiger partial charge in [0, 0.05) is 49.8 Å². The van der Waals surface area contributed by atoms with Gasteiger partial charge in [0.05, 0.1) is 0 Å². The molecule has 0 aliphatic carbocycles. The van der Waals surface area contributed by atoms with Crippen molar-refractivity contribution < 1.29 is 9.59 Å². The second-order valence-electron chi connectivity index (χ2n) is 7.55. The van der Waals surface area contributed by atoms with E-state index in [0.717, 1.165) is 55.1 Å². The number of benzene rings is 2. The quantitative estimate of drug-likeness (QED) is 0.624. The molecule has 1 heterocycles. The molecule has 3 N–H and O–H groups in total. The molecule has 1 saturated heterocycles. The SMILES string of the molecule is CCCCNC(=O)N1CCN(c2ccc(NC(=O)Nc3ccc(C)cc3)cc2)CC1. The molecule has 160 valence electrons. The fourth-order valence-electron chi connectivity index (χ4n) is 3.34. The molecule has 1 aliphatic heterocycles. The molecule has 30 heavy (non-hydrogen) atoms.